The highest BCUT2D eigenvalue weighted by molar-refractivity contribution is 5.74. The molecule has 2 atom stereocenters. The maximum atomic E-state index is 12.2. The number of ether oxygens (including phenoxy) is 4. The summed E-state index contributed by atoms with van der Waals surface area (Å²) in [6.45, 7) is 7.30. The monoisotopic (exact) mass is 336 g/mol. The third kappa shape index (κ3) is 3.90. The van der Waals surface area contributed by atoms with Crippen LogP contribution in [0.5, 0.6) is 5.75 Å². The van der Waals surface area contributed by atoms with E-state index in [0.29, 0.717) is 13.2 Å². The molecule has 0 aliphatic carbocycles. The highest BCUT2D eigenvalue weighted by atomic mass is 16.7. The van der Waals surface area contributed by atoms with Crippen molar-refractivity contribution in [2.75, 3.05) is 27.4 Å². The fraction of sp³-hybridized carbons (Fsp3) is 0.632. The summed E-state index contributed by atoms with van der Waals surface area (Å²) in [5.74, 6) is 0.352. The molecule has 1 heterocycles. The molecule has 0 saturated carbocycles. The summed E-state index contributed by atoms with van der Waals surface area (Å²) in [7, 11) is 3.09. The minimum absolute atomic E-state index is 0.187. The quantitative estimate of drug-likeness (QED) is 0.716. The fourth-order valence-electron chi connectivity index (χ4n) is 3.27. The summed E-state index contributed by atoms with van der Waals surface area (Å²) in [6, 6.07) is 6.08. The number of benzene rings is 1. The Bertz CT molecular complexity index is 565. The summed E-state index contributed by atoms with van der Waals surface area (Å²) < 4.78 is 21.5. The molecular formula is C19H28O5. The molecule has 0 amide bonds. The van der Waals surface area contributed by atoms with Crippen LogP contribution in [0.1, 0.15) is 37.8 Å². The van der Waals surface area contributed by atoms with E-state index in [4.69, 9.17) is 18.9 Å². The maximum Gasteiger partial charge on any atom is 0.309 e. The van der Waals surface area contributed by atoms with Crippen molar-refractivity contribution in [2.45, 2.75) is 45.3 Å². The van der Waals surface area contributed by atoms with E-state index < -0.39 is 0 Å². The van der Waals surface area contributed by atoms with E-state index in [1.54, 1.807) is 7.11 Å². The number of esters is 1. The summed E-state index contributed by atoms with van der Waals surface area (Å²) in [4.78, 5) is 12.2. The van der Waals surface area contributed by atoms with Crippen LogP contribution < -0.4 is 4.74 Å². The van der Waals surface area contributed by atoms with Gasteiger partial charge in [0.1, 0.15) is 5.75 Å². The Morgan fingerprint density at radius 2 is 2.00 bits per heavy atom. The predicted molar refractivity (Wildman–Crippen MR) is 91.2 cm³/mol. The lowest BCUT2D eigenvalue weighted by Gasteiger charge is -2.36. The van der Waals surface area contributed by atoms with Gasteiger partial charge in [-0.15, -0.1) is 0 Å². The molecule has 134 valence electrons. The smallest absolute Gasteiger partial charge is 0.309 e. The third-order valence-corrected chi connectivity index (χ3v) is 5.15. The van der Waals surface area contributed by atoms with Crippen LogP contribution in [-0.2, 0) is 24.4 Å². The first kappa shape index (κ1) is 18.7. The van der Waals surface area contributed by atoms with Crippen molar-refractivity contribution in [2.24, 2.45) is 5.92 Å². The van der Waals surface area contributed by atoms with E-state index in [-0.39, 0.29) is 23.6 Å². The second-order valence-electron chi connectivity index (χ2n) is 6.56. The second kappa shape index (κ2) is 7.99. The van der Waals surface area contributed by atoms with Crippen LogP contribution in [0.3, 0.4) is 0 Å². The maximum absolute atomic E-state index is 12.2. The summed E-state index contributed by atoms with van der Waals surface area (Å²) in [6.07, 6.45) is 1.32. The van der Waals surface area contributed by atoms with Crippen LogP contribution in [0.15, 0.2) is 18.2 Å². The van der Waals surface area contributed by atoms with E-state index in [1.807, 2.05) is 26.0 Å². The molecule has 1 aliphatic heterocycles. The zero-order valence-corrected chi connectivity index (χ0v) is 15.3. The highest BCUT2D eigenvalue weighted by Gasteiger charge is 2.39. The standard InChI is InChI=1S/C19H28O5/c1-13-12-15(6-7-16(13)21-4)19(3,14(2)18(20)22-5)9-8-17-23-10-11-24-17/h6-7,12,14,17H,8-11H2,1-5H3. The van der Waals surface area contributed by atoms with Crippen LogP contribution in [0.2, 0.25) is 0 Å². The molecule has 24 heavy (non-hydrogen) atoms. The van der Waals surface area contributed by atoms with E-state index in [0.717, 1.165) is 29.7 Å². The van der Waals surface area contributed by atoms with Gasteiger partial charge in [0.15, 0.2) is 6.29 Å². The third-order valence-electron chi connectivity index (χ3n) is 5.15. The lowest BCUT2D eigenvalue weighted by molar-refractivity contribution is -0.147. The van der Waals surface area contributed by atoms with Crippen LogP contribution >= 0.6 is 0 Å². The van der Waals surface area contributed by atoms with Gasteiger partial charge in [0.25, 0.3) is 0 Å². The van der Waals surface area contributed by atoms with Crippen LogP contribution in [0, 0.1) is 12.8 Å². The molecule has 0 N–H and O–H groups in total. The van der Waals surface area contributed by atoms with Gasteiger partial charge in [-0.2, -0.15) is 0 Å². The van der Waals surface area contributed by atoms with Gasteiger partial charge in [-0.1, -0.05) is 26.0 Å². The Morgan fingerprint density at radius 1 is 1.33 bits per heavy atom. The highest BCUT2D eigenvalue weighted by Crippen LogP contribution is 2.39. The molecule has 1 aromatic rings. The minimum atomic E-state index is -0.376. The van der Waals surface area contributed by atoms with Crippen molar-refractivity contribution in [1.82, 2.24) is 0 Å². The first-order valence-corrected chi connectivity index (χ1v) is 8.38. The van der Waals surface area contributed by atoms with Gasteiger partial charge in [-0.25, -0.2) is 0 Å². The van der Waals surface area contributed by atoms with Crippen molar-refractivity contribution < 1.29 is 23.7 Å². The SMILES string of the molecule is COC(=O)C(C)C(C)(CCC1OCCO1)c1ccc(OC)c(C)c1. The first-order chi connectivity index (χ1) is 11.4. The molecule has 5 heteroatoms. The Labute approximate surface area is 144 Å². The number of rotatable bonds is 7. The molecule has 0 radical (unpaired) electrons. The molecule has 1 saturated heterocycles. The summed E-state index contributed by atoms with van der Waals surface area (Å²) in [5, 5.41) is 0. The Balaban J connectivity index is 2.29. The minimum Gasteiger partial charge on any atom is -0.496 e. The van der Waals surface area contributed by atoms with Crippen molar-refractivity contribution in [3.63, 3.8) is 0 Å². The molecule has 0 aromatic heterocycles. The van der Waals surface area contributed by atoms with Crippen molar-refractivity contribution in [3.8, 4) is 5.75 Å². The Hall–Kier alpha value is -1.59. The lowest BCUT2D eigenvalue weighted by atomic mass is 9.69. The van der Waals surface area contributed by atoms with Gasteiger partial charge in [0.2, 0.25) is 0 Å². The van der Waals surface area contributed by atoms with E-state index in [9.17, 15) is 4.79 Å². The number of carbonyl (C=O) groups excluding carboxylic acids is 1. The van der Waals surface area contributed by atoms with Gasteiger partial charge >= 0.3 is 5.97 Å². The molecular weight excluding hydrogens is 308 g/mol. The van der Waals surface area contributed by atoms with Crippen molar-refractivity contribution in [3.05, 3.63) is 29.3 Å². The van der Waals surface area contributed by atoms with Gasteiger partial charge < -0.3 is 18.9 Å². The van der Waals surface area contributed by atoms with E-state index in [1.165, 1.54) is 7.11 Å². The number of methoxy groups -OCH3 is 2. The Morgan fingerprint density at radius 3 is 2.54 bits per heavy atom. The van der Waals surface area contributed by atoms with Gasteiger partial charge in [-0.05, 0) is 37.0 Å². The number of hydrogen-bond acceptors (Lipinski definition) is 5. The van der Waals surface area contributed by atoms with Crippen LogP contribution in [-0.4, -0.2) is 39.7 Å². The first-order valence-electron chi connectivity index (χ1n) is 8.38. The van der Waals surface area contributed by atoms with Crippen molar-refractivity contribution in [1.29, 1.82) is 0 Å². The number of hydrogen-bond donors (Lipinski definition) is 0. The van der Waals surface area contributed by atoms with Crippen molar-refractivity contribution >= 4 is 5.97 Å². The van der Waals surface area contributed by atoms with Crippen LogP contribution in [0.4, 0.5) is 0 Å². The molecule has 5 nitrogen and oxygen atoms in total. The van der Waals surface area contributed by atoms with E-state index >= 15 is 0 Å². The van der Waals surface area contributed by atoms with Gasteiger partial charge in [0.05, 0.1) is 33.4 Å². The predicted octanol–water partition coefficient (Wildman–Crippen LogP) is 3.22. The zero-order valence-electron chi connectivity index (χ0n) is 15.3. The number of carbonyl (C=O) groups is 1. The molecule has 1 aliphatic rings. The summed E-state index contributed by atoms with van der Waals surface area (Å²) >= 11 is 0. The molecule has 0 bridgehead atoms. The topological polar surface area (TPSA) is 54.0 Å². The molecule has 2 unspecified atom stereocenters. The second-order valence-corrected chi connectivity index (χ2v) is 6.56. The largest absolute Gasteiger partial charge is 0.496 e. The van der Waals surface area contributed by atoms with Gasteiger partial charge in [-0.3, -0.25) is 4.79 Å². The fourth-order valence-corrected chi connectivity index (χ4v) is 3.27. The Kier molecular flexibility index (Phi) is 6.24. The normalized spacial score (nSPS) is 18.9. The summed E-state index contributed by atoms with van der Waals surface area (Å²) in [5.41, 5.74) is 1.77. The lowest BCUT2D eigenvalue weighted by Crippen LogP contribution is -2.37. The van der Waals surface area contributed by atoms with Crippen LogP contribution in [0.25, 0.3) is 0 Å². The number of aryl methyl sites for hydroxylation is 1. The molecule has 0 spiro atoms. The van der Waals surface area contributed by atoms with Gasteiger partial charge in [0, 0.05) is 5.41 Å². The van der Waals surface area contributed by atoms with E-state index in [2.05, 4.69) is 13.0 Å². The zero-order chi connectivity index (χ0) is 17.7. The average molecular weight is 336 g/mol. The average Bonchev–Trinajstić information content (AvgIpc) is 3.11. The molecule has 2 rings (SSSR count). The molecule has 1 fully saturated rings. The molecule has 1 aromatic carbocycles.